The van der Waals surface area contributed by atoms with Gasteiger partial charge in [-0.2, -0.15) is 0 Å². The number of nitrogens with two attached hydrogens (primary N) is 4. The highest BCUT2D eigenvalue weighted by atomic mass is 19.2. The summed E-state index contributed by atoms with van der Waals surface area (Å²) in [6.07, 6.45) is 0.450. The summed E-state index contributed by atoms with van der Waals surface area (Å²) in [4.78, 5) is 110. The van der Waals surface area contributed by atoms with Gasteiger partial charge < -0.3 is 60.2 Å². The van der Waals surface area contributed by atoms with Crippen molar-refractivity contribution in [2.75, 3.05) is 19.6 Å². The van der Waals surface area contributed by atoms with Gasteiger partial charge in [-0.05, 0) is 69.2 Å². The molecule has 6 atom stereocenters. The molecule has 0 bridgehead atoms. The molecule has 2 rings (SSSR count). The minimum absolute atomic E-state index is 0.0406. The molecule has 1 aliphatic rings. The number of hydrogen-bond donors (Lipinski definition) is 11. The van der Waals surface area contributed by atoms with Gasteiger partial charge >= 0.3 is 0 Å². The highest BCUT2D eigenvalue weighted by Gasteiger charge is 2.34. The van der Waals surface area contributed by atoms with Gasteiger partial charge in [0.1, 0.15) is 36.3 Å². The second-order valence-corrected chi connectivity index (χ2v) is 14.1. The summed E-state index contributed by atoms with van der Waals surface area (Å²) >= 11 is 0. The molecule has 0 radical (unpaired) electrons. The van der Waals surface area contributed by atoms with Gasteiger partial charge in [0.2, 0.25) is 47.3 Å². The summed E-state index contributed by atoms with van der Waals surface area (Å²) in [6, 6.07) is -5.27. The van der Waals surface area contributed by atoms with Gasteiger partial charge in [-0.3, -0.25) is 43.3 Å². The maximum absolute atomic E-state index is 14.3. The Hall–Kier alpha value is -5.93. The lowest BCUT2D eigenvalue weighted by atomic mass is 10.0. The topological polar surface area (TPSA) is 337 Å². The van der Waals surface area contributed by atoms with Gasteiger partial charge in [0, 0.05) is 32.9 Å². The van der Waals surface area contributed by atoms with Crippen LogP contribution in [0, 0.1) is 11.6 Å². The molecule has 1 aromatic rings. The number of amides is 8. The number of carbonyl (C=O) groups excluding carboxylic acids is 8. The van der Waals surface area contributed by atoms with E-state index in [1.807, 2.05) is 6.92 Å². The van der Waals surface area contributed by atoms with Crippen LogP contribution < -0.4 is 60.2 Å². The number of halogens is 2. The Morgan fingerprint density at radius 1 is 0.847 bits per heavy atom. The quantitative estimate of drug-likeness (QED) is 0.0459. The summed E-state index contributed by atoms with van der Waals surface area (Å²) in [5.74, 6) is -9.03. The van der Waals surface area contributed by atoms with Crippen LogP contribution in [0.3, 0.4) is 0 Å². The zero-order valence-corrected chi connectivity index (χ0v) is 33.4. The summed E-state index contributed by atoms with van der Waals surface area (Å²) < 4.78 is 28.2. The normalized spacial score (nSPS) is 21.7. The predicted molar refractivity (Wildman–Crippen MR) is 211 cm³/mol. The first-order valence-electron chi connectivity index (χ1n) is 19.5. The van der Waals surface area contributed by atoms with Gasteiger partial charge in [0.15, 0.2) is 17.6 Å². The highest BCUT2D eigenvalue weighted by molar-refractivity contribution is 5.97. The monoisotopic (exact) mass is 836 g/mol. The summed E-state index contributed by atoms with van der Waals surface area (Å²) in [5.41, 5.74) is 22.2. The van der Waals surface area contributed by atoms with Crippen molar-refractivity contribution in [1.82, 2.24) is 37.2 Å². The van der Waals surface area contributed by atoms with E-state index in [1.54, 1.807) is 0 Å². The highest BCUT2D eigenvalue weighted by Crippen LogP contribution is 2.13. The SMILES string of the molecule is CCCC[C@H](NC(C)=O)C(=O)NC1CCC(=O)NCCC(C(N)=O)NC(=O)[C@H](CCCN=C(N)N)NC(=O)[C@@H](Cc2ccc(F)c(F)c2)NC(=O)[C@H](CCCN)NC1=O. The van der Waals surface area contributed by atoms with Gasteiger partial charge in [-0.25, -0.2) is 8.78 Å². The van der Waals surface area contributed by atoms with Crippen LogP contribution >= 0.6 is 0 Å². The van der Waals surface area contributed by atoms with Crippen molar-refractivity contribution in [2.45, 2.75) is 121 Å². The molecule has 1 saturated heterocycles. The Bertz CT molecular complexity index is 1680. The van der Waals surface area contributed by atoms with Crippen molar-refractivity contribution in [2.24, 2.45) is 27.9 Å². The molecule has 1 fully saturated rings. The van der Waals surface area contributed by atoms with Crippen LogP contribution in [0.4, 0.5) is 8.78 Å². The van der Waals surface area contributed by atoms with Crippen LogP contribution in [0.25, 0.3) is 0 Å². The minimum Gasteiger partial charge on any atom is -0.370 e. The number of guanidine groups is 1. The van der Waals surface area contributed by atoms with Crippen molar-refractivity contribution in [3.05, 3.63) is 35.4 Å². The van der Waals surface area contributed by atoms with E-state index in [4.69, 9.17) is 22.9 Å². The molecular weight excluding hydrogens is 778 g/mol. The average molecular weight is 837 g/mol. The van der Waals surface area contributed by atoms with E-state index in [0.29, 0.717) is 12.8 Å². The fourth-order valence-corrected chi connectivity index (χ4v) is 6.03. The fraction of sp³-hybridized carbons (Fsp3) is 0.595. The molecule has 2 unspecified atom stereocenters. The first-order chi connectivity index (χ1) is 27.9. The molecule has 8 amide bonds. The number of unbranched alkanes of at least 4 members (excludes halogenated alkanes) is 1. The van der Waals surface area contributed by atoms with E-state index in [9.17, 15) is 47.1 Å². The standard InChI is InChI=1S/C37H58F2N12O8/c1-3-4-7-25(46-20(2)52)32(55)50-28-12-13-30(53)44-17-14-24(31(41)54)47-33(56)27(9-6-16-45-37(42)43)49-36(59)29(19-21-10-11-22(38)23(39)18-21)51-34(57)26(8-5-15-40)48-35(28)58/h10-11,18,24-29H,3-9,12-17,19,40H2,1-2H3,(H2,41,54)(H,44,53)(H,46,52)(H,47,56)(H,48,58)(H,49,59)(H,50,55)(H,51,57)(H4,42,43,45)/t24?,25-,26-,27-,28?,29+/m0/s1. The Morgan fingerprint density at radius 2 is 1.47 bits per heavy atom. The third-order valence-corrected chi connectivity index (χ3v) is 9.21. The van der Waals surface area contributed by atoms with E-state index >= 15 is 0 Å². The molecular formula is C37H58F2N12O8. The lowest BCUT2D eigenvalue weighted by Crippen LogP contribution is -2.60. The van der Waals surface area contributed by atoms with Crippen molar-refractivity contribution < 1.29 is 47.1 Å². The first-order valence-corrected chi connectivity index (χ1v) is 19.5. The molecule has 22 heteroatoms. The van der Waals surface area contributed by atoms with Gasteiger partial charge in [0.05, 0.1) is 0 Å². The van der Waals surface area contributed by atoms with Crippen molar-refractivity contribution >= 4 is 53.2 Å². The van der Waals surface area contributed by atoms with Crippen LogP contribution in [0.5, 0.6) is 0 Å². The van der Waals surface area contributed by atoms with E-state index < -0.39 is 102 Å². The van der Waals surface area contributed by atoms with E-state index in [-0.39, 0.29) is 82.5 Å². The van der Waals surface area contributed by atoms with Crippen molar-refractivity contribution in [3.8, 4) is 0 Å². The second kappa shape index (κ2) is 25.4. The maximum atomic E-state index is 14.3. The molecule has 328 valence electrons. The number of carbonyl (C=O) groups is 8. The minimum atomic E-state index is -1.57. The number of hydrogen-bond acceptors (Lipinski definition) is 10. The Morgan fingerprint density at radius 3 is 2.08 bits per heavy atom. The fourth-order valence-electron chi connectivity index (χ4n) is 6.03. The van der Waals surface area contributed by atoms with Crippen LogP contribution in [-0.2, 0) is 44.8 Å². The molecule has 1 heterocycles. The van der Waals surface area contributed by atoms with E-state index in [2.05, 4.69) is 42.2 Å². The Labute approximate surface area is 340 Å². The Balaban J connectivity index is 2.62. The number of benzene rings is 1. The molecule has 59 heavy (non-hydrogen) atoms. The average Bonchev–Trinajstić information content (AvgIpc) is 3.17. The predicted octanol–water partition coefficient (Wildman–Crippen LogP) is -2.80. The molecule has 0 aromatic heterocycles. The number of rotatable bonds is 16. The van der Waals surface area contributed by atoms with E-state index in [1.165, 1.54) is 13.0 Å². The molecule has 0 spiro atoms. The van der Waals surface area contributed by atoms with Crippen molar-refractivity contribution in [1.29, 1.82) is 0 Å². The molecule has 1 aromatic carbocycles. The van der Waals surface area contributed by atoms with Crippen molar-refractivity contribution in [3.63, 3.8) is 0 Å². The first kappa shape index (κ1) is 49.2. The third kappa shape index (κ3) is 18.0. The number of primary amides is 1. The summed E-state index contributed by atoms with van der Waals surface area (Å²) in [5, 5.41) is 17.8. The molecule has 0 aliphatic carbocycles. The molecule has 15 N–H and O–H groups in total. The van der Waals surface area contributed by atoms with Gasteiger partial charge in [0.25, 0.3) is 0 Å². The van der Waals surface area contributed by atoms with Crippen LogP contribution in [0.2, 0.25) is 0 Å². The lowest BCUT2D eigenvalue weighted by molar-refractivity contribution is -0.135. The second-order valence-electron chi connectivity index (χ2n) is 14.1. The third-order valence-electron chi connectivity index (χ3n) is 9.21. The lowest BCUT2D eigenvalue weighted by Gasteiger charge is -2.27. The number of nitrogens with one attached hydrogen (secondary N) is 7. The Kier molecular flexibility index (Phi) is 21.2. The molecule has 1 aliphatic heterocycles. The van der Waals surface area contributed by atoms with E-state index in [0.717, 1.165) is 12.1 Å². The molecule has 0 saturated carbocycles. The number of aliphatic imine (C=N–C) groups is 1. The maximum Gasteiger partial charge on any atom is 0.243 e. The zero-order valence-electron chi connectivity index (χ0n) is 33.4. The molecule has 20 nitrogen and oxygen atoms in total. The van der Waals surface area contributed by atoms with Crippen LogP contribution in [0.15, 0.2) is 23.2 Å². The zero-order chi connectivity index (χ0) is 44.1. The van der Waals surface area contributed by atoms with Crippen LogP contribution in [0.1, 0.15) is 83.6 Å². The van der Waals surface area contributed by atoms with Gasteiger partial charge in [-0.15, -0.1) is 0 Å². The summed E-state index contributed by atoms with van der Waals surface area (Å²) in [7, 11) is 0. The largest absolute Gasteiger partial charge is 0.370 e. The number of nitrogens with zero attached hydrogens (tertiary/aromatic N) is 1. The summed E-state index contributed by atoms with van der Waals surface area (Å²) in [6.45, 7) is 3.06. The van der Waals surface area contributed by atoms with Gasteiger partial charge in [-0.1, -0.05) is 25.8 Å². The van der Waals surface area contributed by atoms with Crippen LogP contribution in [-0.4, -0.2) is 109 Å². The smallest absolute Gasteiger partial charge is 0.243 e.